The smallest absolute Gasteiger partial charge is 0.289 e. The molecule has 1 heterocycles. The summed E-state index contributed by atoms with van der Waals surface area (Å²) in [7, 11) is 1.66. The monoisotopic (exact) mass is 261 g/mol. The molecule has 19 heavy (non-hydrogen) atoms. The van der Waals surface area contributed by atoms with Gasteiger partial charge in [-0.3, -0.25) is 4.79 Å². The molecule has 0 unspecified atom stereocenters. The molecule has 0 aliphatic carbocycles. The van der Waals surface area contributed by atoms with Gasteiger partial charge in [0, 0.05) is 12.4 Å². The summed E-state index contributed by atoms with van der Waals surface area (Å²) in [6, 6.07) is 7.53. The zero-order valence-corrected chi connectivity index (χ0v) is 11.7. The Balaban J connectivity index is 2.36. The Morgan fingerprint density at radius 2 is 2.05 bits per heavy atom. The molecule has 0 saturated carbocycles. The van der Waals surface area contributed by atoms with Crippen LogP contribution in [0.2, 0.25) is 0 Å². The van der Waals surface area contributed by atoms with E-state index in [0.29, 0.717) is 11.3 Å². The molecule has 0 saturated heterocycles. The average molecular weight is 261 g/mol. The SMILES string of the molecule is Cc1ccc2oc(C(=O)N(C)C(C)(C)CO)cc2c1. The molecule has 0 aliphatic heterocycles. The number of nitrogens with zero attached hydrogens (tertiary/aromatic N) is 1. The summed E-state index contributed by atoms with van der Waals surface area (Å²) in [6.07, 6.45) is 0. The first-order valence-electron chi connectivity index (χ1n) is 6.24. The first-order chi connectivity index (χ1) is 8.85. The third-order valence-electron chi connectivity index (χ3n) is 3.48. The molecule has 4 nitrogen and oxygen atoms in total. The highest BCUT2D eigenvalue weighted by Crippen LogP contribution is 2.23. The number of aliphatic hydroxyl groups is 1. The lowest BCUT2D eigenvalue weighted by atomic mass is 10.0. The third kappa shape index (κ3) is 2.49. The molecule has 4 heteroatoms. The van der Waals surface area contributed by atoms with Crippen molar-refractivity contribution >= 4 is 16.9 Å². The summed E-state index contributed by atoms with van der Waals surface area (Å²) >= 11 is 0. The van der Waals surface area contributed by atoms with Crippen LogP contribution in [-0.2, 0) is 0 Å². The highest BCUT2D eigenvalue weighted by molar-refractivity contribution is 5.96. The van der Waals surface area contributed by atoms with Gasteiger partial charge in [-0.2, -0.15) is 0 Å². The van der Waals surface area contributed by atoms with Crippen LogP contribution >= 0.6 is 0 Å². The normalized spacial score (nSPS) is 11.8. The van der Waals surface area contributed by atoms with Crippen LogP contribution < -0.4 is 0 Å². The van der Waals surface area contributed by atoms with E-state index in [1.807, 2.05) is 25.1 Å². The fourth-order valence-corrected chi connectivity index (χ4v) is 1.81. The Morgan fingerprint density at radius 1 is 1.37 bits per heavy atom. The number of fused-ring (bicyclic) bond motifs is 1. The maximum absolute atomic E-state index is 12.3. The van der Waals surface area contributed by atoms with Crippen molar-refractivity contribution in [2.75, 3.05) is 13.7 Å². The minimum Gasteiger partial charge on any atom is -0.451 e. The minimum atomic E-state index is -0.619. The predicted molar refractivity (Wildman–Crippen MR) is 74.2 cm³/mol. The van der Waals surface area contributed by atoms with Crippen LogP contribution in [0.15, 0.2) is 28.7 Å². The van der Waals surface area contributed by atoms with E-state index in [2.05, 4.69) is 0 Å². The summed E-state index contributed by atoms with van der Waals surface area (Å²) in [4.78, 5) is 13.8. The lowest BCUT2D eigenvalue weighted by Gasteiger charge is -2.33. The van der Waals surface area contributed by atoms with Crippen LogP contribution in [0.3, 0.4) is 0 Å². The van der Waals surface area contributed by atoms with Gasteiger partial charge in [0.25, 0.3) is 5.91 Å². The van der Waals surface area contributed by atoms with E-state index in [9.17, 15) is 9.90 Å². The maximum atomic E-state index is 12.3. The standard InChI is InChI=1S/C15H19NO3/c1-10-5-6-12-11(7-10)8-13(19-12)14(18)16(4)15(2,3)9-17/h5-8,17H,9H2,1-4H3. The first kappa shape index (κ1) is 13.6. The number of likely N-dealkylation sites (N-methyl/N-ethyl adjacent to an activating group) is 1. The van der Waals surface area contributed by atoms with E-state index < -0.39 is 5.54 Å². The molecule has 1 aromatic heterocycles. The van der Waals surface area contributed by atoms with E-state index in [1.54, 1.807) is 27.0 Å². The Labute approximate surface area is 112 Å². The van der Waals surface area contributed by atoms with Gasteiger partial charge in [0.1, 0.15) is 5.58 Å². The molecule has 2 aromatic rings. The Kier molecular flexibility index (Phi) is 3.37. The maximum Gasteiger partial charge on any atom is 0.289 e. The molecule has 0 bridgehead atoms. The van der Waals surface area contributed by atoms with Crippen LogP contribution in [-0.4, -0.2) is 35.1 Å². The number of carbonyl (C=O) groups is 1. The highest BCUT2D eigenvalue weighted by Gasteiger charge is 2.29. The summed E-state index contributed by atoms with van der Waals surface area (Å²) in [6.45, 7) is 5.50. The molecule has 0 spiro atoms. The van der Waals surface area contributed by atoms with Crippen LogP contribution in [0.1, 0.15) is 30.0 Å². The van der Waals surface area contributed by atoms with Gasteiger partial charge in [-0.15, -0.1) is 0 Å². The zero-order valence-electron chi connectivity index (χ0n) is 11.7. The lowest BCUT2D eigenvalue weighted by molar-refractivity contribution is 0.0446. The number of benzene rings is 1. The second kappa shape index (κ2) is 4.70. The molecule has 2 rings (SSSR count). The Bertz CT molecular complexity index is 613. The van der Waals surface area contributed by atoms with E-state index in [0.717, 1.165) is 10.9 Å². The van der Waals surface area contributed by atoms with E-state index in [1.165, 1.54) is 4.90 Å². The largest absolute Gasteiger partial charge is 0.451 e. The molecule has 0 fully saturated rings. The molecule has 0 atom stereocenters. The topological polar surface area (TPSA) is 53.7 Å². The molecule has 0 aliphatic rings. The number of aliphatic hydroxyl groups excluding tert-OH is 1. The Hall–Kier alpha value is -1.81. The second-order valence-corrected chi connectivity index (χ2v) is 5.49. The fraction of sp³-hybridized carbons (Fsp3) is 0.400. The van der Waals surface area contributed by atoms with Gasteiger partial charge in [-0.05, 0) is 39.0 Å². The number of rotatable bonds is 3. The van der Waals surface area contributed by atoms with Gasteiger partial charge in [0.2, 0.25) is 0 Å². The lowest BCUT2D eigenvalue weighted by Crippen LogP contribution is -2.47. The highest BCUT2D eigenvalue weighted by atomic mass is 16.3. The number of hydrogen-bond donors (Lipinski definition) is 1. The third-order valence-corrected chi connectivity index (χ3v) is 3.48. The van der Waals surface area contributed by atoms with E-state index in [4.69, 9.17) is 4.42 Å². The quantitative estimate of drug-likeness (QED) is 0.924. The summed E-state index contributed by atoms with van der Waals surface area (Å²) in [5, 5.41) is 10.2. The number of amides is 1. The second-order valence-electron chi connectivity index (χ2n) is 5.49. The van der Waals surface area contributed by atoms with Gasteiger partial charge in [-0.1, -0.05) is 11.6 Å². The minimum absolute atomic E-state index is 0.103. The van der Waals surface area contributed by atoms with E-state index in [-0.39, 0.29) is 12.5 Å². The molecule has 0 radical (unpaired) electrons. The van der Waals surface area contributed by atoms with Crippen LogP contribution in [0.5, 0.6) is 0 Å². The van der Waals surface area contributed by atoms with Crippen molar-refractivity contribution in [2.45, 2.75) is 26.3 Å². The zero-order chi connectivity index (χ0) is 14.2. The van der Waals surface area contributed by atoms with Crippen molar-refractivity contribution in [2.24, 2.45) is 0 Å². The Morgan fingerprint density at radius 3 is 2.68 bits per heavy atom. The van der Waals surface area contributed by atoms with Gasteiger partial charge in [0.15, 0.2) is 5.76 Å². The van der Waals surface area contributed by atoms with Crippen molar-refractivity contribution < 1.29 is 14.3 Å². The molecule has 102 valence electrons. The summed E-state index contributed by atoms with van der Waals surface area (Å²) in [5.41, 5.74) is 1.20. The number of hydrogen-bond acceptors (Lipinski definition) is 3. The number of aryl methyl sites for hydroxylation is 1. The average Bonchev–Trinajstić information content (AvgIpc) is 2.79. The first-order valence-corrected chi connectivity index (χ1v) is 6.24. The van der Waals surface area contributed by atoms with Crippen molar-refractivity contribution in [3.63, 3.8) is 0 Å². The van der Waals surface area contributed by atoms with Crippen molar-refractivity contribution in [1.82, 2.24) is 4.90 Å². The van der Waals surface area contributed by atoms with Crippen molar-refractivity contribution in [1.29, 1.82) is 0 Å². The summed E-state index contributed by atoms with van der Waals surface area (Å²) < 4.78 is 5.57. The van der Waals surface area contributed by atoms with Gasteiger partial charge in [0.05, 0.1) is 12.1 Å². The number of furan rings is 1. The molecule has 1 aromatic carbocycles. The fourth-order valence-electron chi connectivity index (χ4n) is 1.81. The van der Waals surface area contributed by atoms with Crippen LogP contribution in [0, 0.1) is 6.92 Å². The molecular weight excluding hydrogens is 242 g/mol. The van der Waals surface area contributed by atoms with Crippen molar-refractivity contribution in [3.8, 4) is 0 Å². The predicted octanol–water partition coefficient (Wildman–Crippen LogP) is 2.58. The number of carbonyl (C=O) groups excluding carboxylic acids is 1. The molecule has 1 amide bonds. The van der Waals surface area contributed by atoms with Gasteiger partial charge >= 0.3 is 0 Å². The summed E-state index contributed by atoms with van der Waals surface area (Å²) in [5.74, 6) is 0.0672. The molecule has 1 N–H and O–H groups in total. The van der Waals surface area contributed by atoms with Gasteiger partial charge in [-0.25, -0.2) is 0 Å². The molecular formula is C15H19NO3. The van der Waals surface area contributed by atoms with Crippen LogP contribution in [0.25, 0.3) is 11.0 Å². The van der Waals surface area contributed by atoms with Crippen molar-refractivity contribution in [3.05, 3.63) is 35.6 Å². The van der Waals surface area contributed by atoms with E-state index >= 15 is 0 Å². The van der Waals surface area contributed by atoms with Gasteiger partial charge < -0.3 is 14.4 Å². The van der Waals surface area contributed by atoms with Crippen LogP contribution in [0.4, 0.5) is 0 Å².